The largest absolute Gasteiger partial charge is 0.512 e. The summed E-state index contributed by atoms with van der Waals surface area (Å²) in [5.41, 5.74) is 7.08. The molecule has 0 unspecified atom stereocenters. The van der Waals surface area contributed by atoms with Crippen molar-refractivity contribution in [1.82, 2.24) is 0 Å². The maximum Gasteiger partial charge on any atom is 0.124 e. The van der Waals surface area contributed by atoms with Crippen LogP contribution in [0.15, 0.2) is 0 Å². The topological polar surface area (TPSA) is 103 Å². The van der Waals surface area contributed by atoms with Gasteiger partial charge in [0.05, 0.1) is 0 Å². The molecular weight excluding hydrogens is 104 g/mol. The van der Waals surface area contributed by atoms with Gasteiger partial charge in [-0.05, 0) is 0 Å². The zero-order valence-corrected chi connectivity index (χ0v) is 4.72. The van der Waals surface area contributed by atoms with Crippen molar-refractivity contribution < 1.29 is 11.5 Å². The Balaban J connectivity index is -0.0000000542. The van der Waals surface area contributed by atoms with Crippen LogP contribution < -0.4 is 11.5 Å². The summed E-state index contributed by atoms with van der Waals surface area (Å²) in [5, 5.41) is 12.5. The molecule has 0 bridgehead atoms. The highest BCUT2D eigenvalue weighted by Gasteiger charge is 1.63. The smallest absolute Gasteiger partial charge is 0.124 e. The molecular formula is C4H10N4. The Kier molecular flexibility index (Phi) is 345. The van der Waals surface area contributed by atoms with Crippen LogP contribution in [0.4, 0.5) is 0 Å². The fraction of sp³-hybridized carbons (Fsp3) is 0.500. The van der Waals surface area contributed by atoms with E-state index in [9.17, 15) is 0 Å². The van der Waals surface area contributed by atoms with Gasteiger partial charge in [-0.2, -0.15) is 0 Å². The van der Waals surface area contributed by atoms with Crippen molar-refractivity contribution in [3.63, 3.8) is 0 Å². The average Bonchev–Trinajstić information content (AvgIpc) is 1.96. The lowest BCUT2D eigenvalue weighted by molar-refractivity contribution is -0.453. The van der Waals surface area contributed by atoms with E-state index in [0.29, 0.717) is 0 Å². The fourth-order valence-corrected chi connectivity index (χ4v) is 0. The molecule has 4 nitrogen and oxygen atoms in total. The van der Waals surface area contributed by atoms with Crippen LogP contribution in [0, 0.1) is 23.7 Å². The van der Waals surface area contributed by atoms with Crippen molar-refractivity contribution in [2.45, 2.75) is 0 Å². The van der Waals surface area contributed by atoms with Gasteiger partial charge in [0.2, 0.25) is 0 Å². The van der Waals surface area contributed by atoms with Crippen molar-refractivity contribution in [2.24, 2.45) is 0 Å². The highest BCUT2D eigenvalue weighted by molar-refractivity contribution is 4.00. The molecule has 0 aromatic rings. The summed E-state index contributed by atoms with van der Waals surface area (Å²) < 4.78 is 0. The normalized spacial score (nSPS) is 4.25. The first-order valence-electron chi connectivity index (χ1n) is 1.95. The molecule has 0 amide bonds. The summed E-state index contributed by atoms with van der Waals surface area (Å²) in [6, 6.07) is 0. The lowest BCUT2D eigenvalue weighted by Gasteiger charge is -1.65. The monoisotopic (exact) mass is 114 g/mol. The van der Waals surface area contributed by atoms with Gasteiger partial charge in [-0.1, -0.05) is 0 Å². The molecule has 0 aliphatic carbocycles. The predicted molar refractivity (Wildman–Crippen MR) is 25.4 cm³/mol. The van der Waals surface area contributed by atoms with Crippen molar-refractivity contribution in [3.8, 4) is 0 Å². The van der Waals surface area contributed by atoms with Gasteiger partial charge in [0.25, 0.3) is 0 Å². The van der Waals surface area contributed by atoms with E-state index >= 15 is 0 Å². The first-order valence-corrected chi connectivity index (χ1v) is 1.95. The fourth-order valence-electron chi connectivity index (χ4n) is 0. The van der Waals surface area contributed by atoms with Crippen LogP contribution in [0.3, 0.4) is 0 Å². The van der Waals surface area contributed by atoms with Gasteiger partial charge in [-0.3, -0.25) is 0 Å². The van der Waals surface area contributed by atoms with Crippen LogP contribution in [-0.2, 0) is 0 Å². The van der Waals surface area contributed by atoms with E-state index in [1.54, 1.807) is 0 Å². The Hall–Kier alpha value is -1.10. The van der Waals surface area contributed by atoms with Gasteiger partial charge in [0.1, 0.15) is 13.1 Å². The van der Waals surface area contributed by atoms with Gasteiger partial charge in [0, 0.05) is 0 Å². The first kappa shape index (κ1) is 15.8. The summed E-state index contributed by atoms with van der Waals surface area (Å²) in [5.74, 6) is 0. The molecule has 0 radical (unpaired) electrons. The molecule has 0 rings (SSSR count). The molecule has 0 spiro atoms. The van der Waals surface area contributed by atoms with Crippen molar-refractivity contribution in [2.75, 3.05) is 13.1 Å². The maximum absolute atomic E-state index is 6.25. The zero-order chi connectivity index (χ0) is 7.41. The summed E-state index contributed by atoms with van der Waals surface area (Å²) in [4.78, 5) is 0. The third-order valence-electron chi connectivity index (χ3n) is 0.250. The predicted octanol–water partition coefficient (Wildman–Crippen LogP) is -2.34. The van der Waals surface area contributed by atoms with E-state index in [1.807, 2.05) is 0 Å². The molecule has 0 fully saturated rings. The van der Waals surface area contributed by atoms with Gasteiger partial charge in [-0.15, -0.1) is 0 Å². The van der Waals surface area contributed by atoms with E-state index in [2.05, 4.69) is 11.5 Å². The Bertz CT molecular complexity index is 38.5. The van der Waals surface area contributed by atoms with E-state index in [-0.39, 0.29) is 0 Å². The van der Waals surface area contributed by atoms with Crippen LogP contribution >= 0.6 is 0 Å². The summed E-state index contributed by atoms with van der Waals surface area (Å²) >= 11 is 0. The molecule has 0 aliphatic heterocycles. The van der Waals surface area contributed by atoms with Crippen LogP contribution in [0.1, 0.15) is 0 Å². The molecule has 6 N–H and O–H groups in total. The number of quaternary nitrogens is 2. The standard InChI is InChI=1S/C2H8N2.2CN/c3-1-2-4;2*1-2/h1-4H2;;/q;2*-1/p+2. The molecule has 0 heterocycles. The second-order valence-corrected chi connectivity index (χ2v) is 0.707. The Morgan fingerprint density at radius 3 is 1.00 bits per heavy atom. The number of hydrogen-bond donors (Lipinski definition) is 2. The second kappa shape index (κ2) is 175. The summed E-state index contributed by atoms with van der Waals surface area (Å²) in [6.45, 7) is 11.4. The van der Waals surface area contributed by atoms with Crippen molar-refractivity contribution >= 4 is 0 Å². The molecule has 46 valence electrons. The quantitative estimate of drug-likeness (QED) is 0.373. The van der Waals surface area contributed by atoms with E-state index < -0.39 is 0 Å². The Labute approximate surface area is 49.3 Å². The van der Waals surface area contributed by atoms with E-state index in [0.717, 1.165) is 13.1 Å². The van der Waals surface area contributed by atoms with Crippen molar-refractivity contribution in [1.29, 1.82) is 10.5 Å². The average molecular weight is 114 g/mol. The molecule has 0 saturated heterocycles. The minimum absolute atomic E-state index is 0.958. The molecule has 0 saturated carbocycles. The van der Waals surface area contributed by atoms with Gasteiger partial charge < -0.3 is 35.1 Å². The maximum atomic E-state index is 6.25. The minimum atomic E-state index is 0.958. The third kappa shape index (κ3) is 7450. The van der Waals surface area contributed by atoms with Crippen LogP contribution in [-0.4, -0.2) is 13.1 Å². The van der Waals surface area contributed by atoms with E-state index in [1.165, 1.54) is 0 Å². The summed E-state index contributed by atoms with van der Waals surface area (Å²) in [6.07, 6.45) is 0. The van der Waals surface area contributed by atoms with Crippen LogP contribution in [0.25, 0.3) is 0 Å². The minimum Gasteiger partial charge on any atom is -0.512 e. The second-order valence-electron chi connectivity index (χ2n) is 0.707. The van der Waals surface area contributed by atoms with E-state index in [4.69, 9.17) is 23.7 Å². The lowest BCUT2D eigenvalue weighted by atomic mass is 10.7. The van der Waals surface area contributed by atoms with Crippen LogP contribution in [0.2, 0.25) is 0 Å². The van der Waals surface area contributed by atoms with Crippen LogP contribution in [0.5, 0.6) is 0 Å². The highest BCUT2D eigenvalue weighted by atomic mass is 14.6. The Morgan fingerprint density at radius 1 is 0.875 bits per heavy atom. The number of rotatable bonds is 1. The first-order chi connectivity index (χ1) is 3.91. The van der Waals surface area contributed by atoms with Gasteiger partial charge in [-0.25, -0.2) is 0 Å². The SMILES string of the molecule is [C-]#N.[C-]#N.[NH3+]CC[NH3+]. The Morgan fingerprint density at radius 2 is 1.00 bits per heavy atom. The molecule has 0 aliphatic rings. The zero-order valence-electron chi connectivity index (χ0n) is 4.72. The number of hydrogen-bond acceptors (Lipinski definition) is 2. The molecule has 4 heteroatoms. The number of nitrogens with zero attached hydrogens (tertiary/aromatic N) is 2. The lowest BCUT2D eigenvalue weighted by Crippen LogP contribution is -2.64. The highest BCUT2D eigenvalue weighted by Crippen LogP contribution is 1.12. The van der Waals surface area contributed by atoms with Gasteiger partial charge >= 0.3 is 0 Å². The molecule has 0 aromatic heterocycles. The summed E-state index contributed by atoms with van der Waals surface area (Å²) in [7, 11) is 0. The molecule has 8 heavy (non-hydrogen) atoms. The molecule has 0 aromatic carbocycles. The van der Waals surface area contributed by atoms with Gasteiger partial charge in [0.15, 0.2) is 0 Å². The van der Waals surface area contributed by atoms with Crippen molar-refractivity contribution in [3.05, 3.63) is 13.1 Å². The third-order valence-corrected chi connectivity index (χ3v) is 0.250. The molecule has 0 atom stereocenters.